The molecule has 218 valence electrons. The summed E-state index contributed by atoms with van der Waals surface area (Å²) in [4.78, 5) is 13.5. The summed E-state index contributed by atoms with van der Waals surface area (Å²) >= 11 is 0. The van der Waals surface area contributed by atoms with Crippen molar-refractivity contribution in [2.75, 3.05) is 6.61 Å². The van der Waals surface area contributed by atoms with Gasteiger partial charge in [-0.1, -0.05) is 18.2 Å². The number of aromatic hydroxyl groups is 2. The molecule has 5 rings (SSSR count). The number of carbonyl (C=O) groups excluding carboxylic acids is 1. The van der Waals surface area contributed by atoms with Crippen LogP contribution in [0.25, 0.3) is 0 Å². The van der Waals surface area contributed by atoms with Crippen LogP contribution < -0.4 is 0 Å². The molecule has 0 spiro atoms. The highest BCUT2D eigenvalue weighted by Gasteiger charge is 2.50. The van der Waals surface area contributed by atoms with Gasteiger partial charge in [0.15, 0.2) is 6.29 Å². The first-order valence-corrected chi connectivity index (χ1v) is 12.8. The Morgan fingerprint density at radius 3 is 2.17 bits per heavy atom. The average molecular weight is 565 g/mol. The van der Waals surface area contributed by atoms with Gasteiger partial charge in [0.2, 0.25) is 5.78 Å². The number of ketones is 1. The lowest BCUT2D eigenvalue weighted by Crippen LogP contribution is -2.60. The number of aliphatic hydroxyl groups excluding tert-OH is 7. The van der Waals surface area contributed by atoms with E-state index in [0.717, 1.165) is 0 Å². The fourth-order valence-electron chi connectivity index (χ4n) is 5.73. The van der Waals surface area contributed by atoms with Crippen molar-refractivity contribution in [3.05, 3.63) is 58.1 Å². The van der Waals surface area contributed by atoms with Crippen molar-refractivity contribution in [1.29, 1.82) is 0 Å². The Bertz CT molecular complexity index is 1270. The van der Waals surface area contributed by atoms with Crippen molar-refractivity contribution in [2.24, 2.45) is 0 Å². The fourth-order valence-corrected chi connectivity index (χ4v) is 5.73. The summed E-state index contributed by atoms with van der Waals surface area (Å²) in [5, 5.41) is 93.2. The molecule has 0 amide bonds. The van der Waals surface area contributed by atoms with Gasteiger partial charge in [-0.25, -0.2) is 0 Å². The summed E-state index contributed by atoms with van der Waals surface area (Å²) < 4.78 is 16.9. The van der Waals surface area contributed by atoms with Gasteiger partial charge in [-0.15, -0.1) is 0 Å². The molecule has 40 heavy (non-hydrogen) atoms. The predicted molar refractivity (Wildman–Crippen MR) is 132 cm³/mol. The van der Waals surface area contributed by atoms with Crippen molar-refractivity contribution >= 4 is 5.78 Å². The second-order valence-corrected chi connectivity index (χ2v) is 10.4. The van der Waals surface area contributed by atoms with Crippen LogP contribution in [-0.4, -0.2) is 120 Å². The first kappa shape index (κ1) is 28.8. The van der Waals surface area contributed by atoms with Crippen molar-refractivity contribution in [3.63, 3.8) is 0 Å². The van der Waals surface area contributed by atoms with Gasteiger partial charge < -0.3 is 60.2 Å². The van der Waals surface area contributed by atoms with Gasteiger partial charge in [0.05, 0.1) is 36.5 Å². The molecule has 11 atom stereocenters. The van der Waals surface area contributed by atoms with Crippen LogP contribution in [0.1, 0.15) is 45.5 Å². The second kappa shape index (κ2) is 10.9. The molecule has 0 aromatic heterocycles. The molecule has 0 saturated carbocycles. The molecule has 2 fully saturated rings. The number of hydrogen-bond acceptors (Lipinski definition) is 13. The second-order valence-electron chi connectivity index (χ2n) is 10.4. The minimum atomic E-state index is -1.72. The number of aliphatic hydroxyl groups is 7. The summed E-state index contributed by atoms with van der Waals surface area (Å²) in [6, 6.07) is 6.99. The molecule has 2 saturated heterocycles. The van der Waals surface area contributed by atoms with Crippen molar-refractivity contribution in [1.82, 2.24) is 0 Å². The van der Waals surface area contributed by atoms with Gasteiger partial charge in [0.1, 0.15) is 54.2 Å². The van der Waals surface area contributed by atoms with Crippen LogP contribution in [0.5, 0.6) is 11.5 Å². The molecular formula is C27H32O13. The Balaban J connectivity index is 1.55. The maximum Gasteiger partial charge on any atom is 0.201 e. The summed E-state index contributed by atoms with van der Waals surface area (Å²) in [6.07, 6.45) is -14.2. The Labute approximate surface area is 228 Å². The van der Waals surface area contributed by atoms with E-state index in [9.17, 15) is 50.8 Å². The summed E-state index contributed by atoms with van der Waals surface area (Å²) in [5.74, 6) is -2.64. The third-order valence-corrected chi connectivity index (χ3v) is 7.89. The van der Waals surface area contributed by atoms with Crippen LogP contribution in [0, 0.1) is 0 Å². The summed E-state index contributed by atoms with van der Waals surface area (Å²) in [5.41, 5.74) is 0.319. The normalized spacial score (nSPS) is 37.6. The highest BCUT2D eigenvalue weighted by Crippen LogP contribution is 2.47. The van der Waals surface area contributed by atoms with Gasteiger partial charge in [0.25, 0.3) is 0 Å². The summed E-state index contributed by atoms with van der Waals surface area (Å²) in [7, 11) is 0. The number of ether oxygens (including phenoxy) is 3. The van der Waals surface area contributed by atoms with Gasteiger partial charge in [-0.3, -0.25) is 4.79 Å². The van der Waals surface area contributed by atoms with Crippen LogP contribution in [0.3, 0.4) is 0 Å². The lowest BCUT2D eigenvalue weighted by Gasteiger charge is -2.45. The largest absolute Gasteiger partial charge is 0.507 e. The minimum Gasteiger partial charge on any atom is -0.507 e. The Morgan fingerprint density at radius 2 is 1.48 bits per heavy atom. The lowest BCUT2D eigenvalue weighted by molar-refractivity contribution is -0.296. The molecule has 9 N–H and O–H groups in total. The van der Waals surface area contributed by atoms with E-state index in [-0.39, 0.29) is 40.2 Å². The smallest absolute Gasteiger partial charge is 0.201 e. The van der Waals surface area contributed by atoms with Gasteiger partial charge >= 0.3 is 0 Å². The van der Waals surface area contributed by atoms with Gasteiger partial charge in [-0.2, -0.15) is 0 Å². The minimum absolute atomic E-state index is 0.142. The maximum absolute atomic E-state index is 13.5. The highest BCUT2D eigenvalue weighted by atomic mass is 16.7. The number of fused-ring (bicyclic) bond motifs is 2. The van der Waals surface area contributed by atoms with Crippen LogP contribution >= 0.6 is 0 Å². The Hall–Kier alpha value is -2.69. The maximum atomic E-state index is 13.5. The molecule has 0 bridgehead atoms. The summed E-state index contributed by atoms with van der Waals surface area (Å²) in [6.45, 7) is 0.514. The first-order valence-electron chi connectivity index (χ1n) is 12.8. The van der Waals surface area contributed by atoms with Crippen LogP contribution in [0.2, 0.25) is 0 Å². The van der Waals surface area contributed by atoms with Gasteiger partial charge in [-0.05, 0) is 35.7 Å². The molecule has 13 nitrogen and oxygen atoms in total. The Morgan fingerprint density at radius 1 is 0.800 bits per heavy atom. The standard InChI is InChI=1S/C27H32O13/c1-9-19(31)22(34)25(37)27(39-9)38-8-10-5-12-16(26-24(36)23(35)20(32)15(7-28)40-26)11-3-2-4-13(29)17(11)21(33)18(12)14(30)6-10/h2-6,9,15-16,19-20,22-32,34-37H,7-8H2,1H3/t9-,15+,16-,19-,20+,22+,23-,24+,25+,26?,27+/m0/s1. The highest BCUT2D eigenvalue weighted by molar-refractivity contribution is 6.16. The fraction of sp³-hybridized carbons (Fsp3) is 0.519. The molecule has 2 aliphatic heterocycles. The Kier molecular flexibility index (Phi) is 7.89. The zero-order chi connectivity index (χ0) is 29.0. The molecule has 2 aromatic carbocycles. The zero-order valence-corrected chi connectivity index (χ0v) is 21.3. The zero-order valence-electron chi connectivity index (χ0n) is 21.3. The van der Waals surface area contributed by atoms with E-state index in [4.69, 9.17) is 14.2 Å². The number of benzene rings is 2. The van der Waals surface area contributed by atoms with Gasteiger partial charge in [0, 0.05) is 5.92 Å². The molecule has 1 unspecified atom stereocenters. The first-order chi connectivity index (χ1) is 19.0. The molecule has 3 aliphatic rings. The number of hydrogen-bond donors (Lipinski definition) is 9. The van der Waals surface area contributed by atoms with Crippen molar-refractivity contribution in [2.45, 2.75) is 80.7 Å². The molecule has 13 heteroatoms. The van der Waals surface area contributed by atoms with Crippen LogP contribution in [0.15, 0.2) is 30.3 Å². The number of phenolic OH excluding ortho intramolecular Hbond substituents is 2. The molecular weight excluding hydrogens is 532 g/mol. The number of phenols is 2. The topological polar surface area (TPSA) is 227 Å². The number of carbonyl (C=O) groups is 1. The van der Waals surface area contributed by atoms with E-state index in [1.54, 1.807) is 0 Å². The van der Waals surface area contributed by atoms with Crippen molar-refractivity contribution in [3.8, 4) is 11.5 Å². The van der Waals surface area contributed by atoms with E-state index in [0.29, 0.717) is 0 Å². The number of rotatable bonds is 5. The monoisotopic (exact) mass is 564 g/mol. The van der Waals surface area contributed by atoms with Crippen LogP contribution in [0.4, 0.5) is 0 Å². The quantitative estimate of drug-likeness (QED) is 0.191. The third-order valence-electron chi connectivity index (χ3n) is 7.89. The SMILES string of the molecule is C[C@@H]1O[C@@H](OCc2cc(O)c3c(c2)[C@@H](C2O[C@H](CO)[C@@H](O)[C@H](O)[C@H]2O)c2cccc(O)c2C3=O)[C@H](O)[C@H](O)[C@H]1O. The van der Waals surface area contributed by atoms with E-state index in [2.05, 4.69) is 0 Å². The molecule has 2 aromatic rings. The van der Waals surface area contributed by atoms with Crippen molar-refractivity contribution < 1.29 is 65.0 Å². The van der Waals surface area contributed by atoms with Crippen LogP contribution in [-0.2, 0) is 20.8 Å². The molecule has 2 heterocycles. The molecule has 0 radical (unpaired) electrons. The van der Waals surface area contributed by atoms with E-state index >= 15 is 0 Å². The van der Waals surface area contributed by atoms with E-state index in [1.807, 2.05) is 0 Å². The third kappa shape index (κ3) is 4.67. The lowest BCUT2D eigenvalue weighted by atomic mass is 9.71. The molecule has 1 aliphatic carbocycles. The average Bonchev–Trinajstić information content (AvgIpc) is 2.92. The van der Waals surface area contributed by atoms with E-state index < -0.39 is 85.3 Å². The van der Waals surface area contributed by atoms with E-state index in [1.165, 1.54) is 37.3 Å². The predicted octanol–water partition coefficient (Wildman–Crippen LogP) is -2.04.